The fraction of sp³-hybridized carbons (Fsp3) is 0.609. The van der Waals surface area contributed by atoms with E-state index < -0.39 is 0 Å². The van der Waals surface area contributed by atoms with Crippen LogP contribution < -0.4 is 10.1 Å². The number of oxazole rings is 1. The van der Waals surface area contributed by atoms with Crippen LogP contribution in [-0.2, 0) is 6.54 Å². The Bertz CT molecular complexity index is 722. The number of hydrogen-bond acceptors (Lipinski definition) is 5. The van der Waals surface area contributed by atoms with Crippen molar-refractivity contribution in [1.29, 1.82) is 0 Å². The van der Waals surface area contributed by atoms with Crippen molar-refractivity contribution < 1.29 is 9.15 Å². The van der Waals surface area contributed by atoms with Gasteiger partial charge in [-0.3, -0.25) is 0 Å². The predicted molar refractivity (Wildman–Crippen MR) is 111 cm³/mol. The summed E-state index contributed by atoms with van der Waals surface area (Å²) in [7, 11) is 0. The molecule has 1 atom stereocenters. The van der Waals surface area contributed by atoms with Gasteiger partial charge in [0.15, 0.2) is 0 Å². The molecule has 2 fully saturated rings. The molecule has 1 N–H and O–H groups in total. The Labute approximate surface area is 168 Å². The van der Waals surface area contributed by atoms with E-state index in [0.717, 1.165) is 49.2 Å². The summed E-state index contributed by atoms with van der Waals surface area (Å²) in [5, 5.41) is 3.58. The maximum absolute atomic E-state index is 5.90. The van der Waals surface area contributed by atoms with Gasteiger partial charge >= 0.3 is 0 Å². The molecule has 5 nitrogen and oxygen atoms in total. The van der Waals surface area contributed by atoms with Crippen LogP contribution in [0.3, 0.4) is 0 Å². The van der Waals surface area contributed by atoms with E-state index in [1.165, 1.54) is 45.1 Å². The van der Waals surface area contributed by atoms with Crippen LogP contribution in [0.15, 0.2) is 34.9 Å². The summed E-state index contributed by atoms with van der Waals surface area (Å²) in [5.41, 5.74) is 1.96. The number of nitrogens with one attached hydrogen (secondary N) is 1. The van der Waals surface area contributed by atoms with Crippen LogP contribution in [0.1, 0.15) is 57.6 Å². The van der Waals surface area contributed by atoms with Gasteiger partial charge < -0.3 is 19.4 Å². The van der Waals surface area contributed by atoms with Crippen molar-refractivity contribution >= 4 is 0 Å². The highest BCUT2D eigenvalue weighted by Gasteiger charge is 2.19. The van der Waals surface area contributed by atoms with Gasteiger partial charge in [-0.15, -0.1) is 0 Å². The third-order valence-electron chi connectivity index (χ3n) is 6.13. The lowest BCUT2D eigenvalue weighted by molar-refractivity contribution is 0.230. The molecule has 1 saturated carbocycles. The van der Waals surface area contributed by atoms with E-state index in [-0.39, 0.29) is 0 Å². The van der Waals surface area contributed by atoms with Crippen LogP contribution in [0.5, 0.6) is 5.75 Å². The smallest absolute Gasteiger partial charge is 0.226 e. The Kier molecular flexibility index (Phi) is 6.65. The normalized spacial score (nSPS) is 20.8. The highest BCUT2D eigenvalue weighted by molar-refractivity contribution is 5.54. The van der Waals surface area contributed by atoms with Gasteiger partial charge in [-0.25, -0.2) is 4.98 Å². The van der Waals surface area contributed by atoms with Crippen LogP contribution in [-0.4, -0.2) is 41.7 Å². The zero-order chi connectivity index (χ0) is 19.2. The molecule has 1 saturated heterocycles. The molecule has 1 unspecified atom stereocenters. The minimum Gasteiger partial charge on any atom is -0.494 e. The van der Waals surface area contributed by atoms with Crippen molar-refractivity contribution in [3.63, 3.8) is 0 Å². The third kappa shape index (κ3) is 5.15. The van der Waals surface area contributed by atoms with Gasteiger partial charge in [0.05, 0.1) is 12.3 Å². The standard InChI is InChI=1S/C23H33N3O2/c1-18-6-4-13-26(18)14-5-15-27-22-11-9-19(10-12-22)23-25-21(17-28-23)16-24-20-7-2-3-8-20/h9-12,17-18,20,24H,2-8,13-16H2,1H3. The largest absolute Gasteiger partial charge is 0.494 e. The molecule has 0 spiro atoms. The average Bonchev–Trinajstić information content (AvgIpc) is 3.47. The van der Waals surface area contributed by atoms with Gasteiger partial charge in [-0.2, -0.15) is 0 Å². The highest BCUT2D eigenvalue weighted by Crippen LogP contribution is 2.23. The summed E-state index contributed by atoms with van der Waals surface area (Å²) in [6.45, 7) is 6.24. The van der Waals surface area contributed by atoms with Crippen molar-refractivity contribution in [2.75, 3.05) is 19.7 Å². The Morgan fingerprint density at radius 1 is 1.14 bits per heavy atom. The molecule has 2 aliphatic rings. The van der Waals surface area contributed by atoms with E-state index in [2.05, 4.69) is 22.1 Å². The van der Waals surface area contributed by atoms with E-state index in [9.17, 15) is 0 Å². The Morgan fingerprint density at radius 2 is 1.96 bits per heavy atom. The second kappa shape index (κ2) is 9.57. The highest BCUT2D eigenvalue weighted by atomic mass is 16.5. The first-order chi connectivity index (χ1) is 13.8. The molecule has 1 aromatic carbocycles. The first-order valence-corrected chi connectivity index (χ1v) is 10.9. The summed E-state index contributed by atoms with van der Waals surface area (Å²) in [6.07, 6.45) is 10.8. The van der Waals surface area contributed by atoms with E-state index in [1.54, 1.807) is 6.26 Å². The van der Waals surface area contributed by atoms with Crippen molar-refractivity contribution in [2.45, 2.75) is 70.5 Å². The molecular formula is C23H33N3O2. The number of nitrogens with zero attached hydrogens (tertiary/aromatic N) is 2. The van der Waals surface area contributed by atoms with Gasteiger partial charge in [-0.05, 0) is 69.8 Å². The molecular weight excluding hydrogens is 350 g/mol. The van der Waals surface area contributed by atoms with E-state index in [1.807, 2.05) is 24.3 Å². The molecule has 2 aromatic rings. The maximum atomic E-state index is 5.90. The second-order valence-electron chi connectivity index (χ2n) is 8.26. The number of aromatic nitrogens is 1. The third-order valence-corrected chi connectivity index (χ3v) is 6.13. The van der Waals surface area contributed by atoms with E-state index >= 15 is 0 Å². The molecule has 4 rings (SSSR count). The predicted octanol–water partition coefficient (Wildman–Crippen LogP) is 4.63. The maximum Gasteiger partial charge on any atom is 0.226 e. The van der Waals surface area contributed by atoms with Crippen LogP contribution in [0, 0.1) is 0 Å². The van der Waals surface area contributed by atoms with Crippen LogP contribution in [0.2, 0.25) is 0 Å². The molecule has 0 bridgehead atoms. The Morgan fingerprint density at radius 3 is 2.71 bits per heavy atom. The summed E-state index contributed by atoms with van der Waals surface area (Å²) in [5.74, 6) is 1.59. The summed E-state index contributed by atoms with van der Waals surface area (Å²) >= 11 is 0. The van der Waals surface area contributed by atoms with Crippen molar-refractivity contribution in [3.8, 4) is 17.2 Å². The van der Waals surface area contributed by atoms with Crippen molar-refractivity contribution in [2.24, 2.45) is 0 Å². The lowest BCUT2D eigenvalue weighted by atomic mass is 10.2. The molecule has 2 heterocycles. The topological polar surface area (TPSA) is 50.5 Å². The Hall–Kier alpha value is -1.85. The first kappa shape index (κ1) is 19.5. The molecule has 0 radical (unpaired) electrons. The molecule has 5 heteroatoms. The molecule has 0 amide bonds. The van der Waals surface area contributed by atoms with E-state index in [4.69, 9.17) is 9.15 Å². The van der Waals surface area contributed by atoms with Gasteiger partial charge in [0.1, 0.15) is 12.0 Å². The lowest BCUT2D eigenvalue weighted by Crippen LogP contribution is -2.28. The van der Waals surface area contributed by atoms with Gasteiger partial charge in [-0.1, -0.05) is 12.8 Å². The van der Waals surface area contributed by atoms with Gasteiger partial charge in [0.2, 0.25) is 5.89 Å². The van der Waals surface area contributed by atoms with Crippen molar-refractivity contribution in [3.05, 3.63) is 36.2 Å². The minimum absolute atomic E-state index is 0.644. The number of rotatable bonds is 9. The van der Waals surface area contributed by atoms with Crippen LogP contribution in [0.25, 0.3) is 11.5 Å². The SMILES string of the molecule is CC1CCCN1CCCOc1ccc(-c2nc(CNC3CCCC3)co2)cc1. The number of hydrogen-bond donors (Lipinski definition) is 1. The molecule has 152 valence electrons. The van der Waals surface area contributed by atoms with Crippen LogP contribution in [0.4, 0.5) is 0 Å². The fourth-order valence-corrected chi connectivity index (χ4v) is 4.38. The lowest BCUT2D eigenvalue weighted by Gasteiger charge is -2.20. The zero-order valence-electron chi connectivity index (χ0n) is 17.0. The second-order valence-corrected chi connectivity index (χ2v) is 8.26. The van der Waals surface area contributed by atoms with Gasteiger partial charge in [0, 0.05) is 30.7 Å². The minimum atomic E-state index is 0.644. The van der Waals surface area contributed by atoms with E-state index in [0.29, 0.717) is 11.9 Å². The average molecular weight is 384 g/mol. The van der Waals surface area contributed by atoms with Gasteiger partial charge in [0.25, 0.3) is 0 Å². The molecule has 1 aromatic heterocycles. The molecule has 28 heavy (non-hydrogen) atoms. The summed E-state index contributed by atoms with van der Waals surface area (Å²) in [4.78, 5) is 7.19. The first-order valence-electron chi connectivity index (χ1n) is 10.9. The quantitative estimate of drug-likeness (QED) is 0.640. The summed E-state index contributed by atoms with van der Waals surface area (Å²) in [6, 6.07) is 9.45. The molecule has 1 aliphatic heterocycles. The molecule has 1 aliphatic carbocycles. The fourth-order valence-electron chi connectivity index (χ4n) is 4.38. The summed E-state index contributed by atoms with van der Waals surface area (Å²) < 4.78 is 11.6. The Balaban J connectivity index is 1.21. The monoisotopic (exact) mass is 383 g/mol. The van der Waals surface area contributed by atoms with Crippen LogP contribution >= 0.6 is 0 Å². The number of benzene rings is 1. The zero-order valence-corrected chi connectivity index (χ0v) is 17.0. The number of likely N-dealkylation sites (tertiary alicyclic amines) is 1. The van der Waals surface area contributed by atoms with Crippen molar-refractivity contribution in [1.82, 2.24) is 15.2 Å². The number of ether oxygens (including phenoxy) is 1.